The van der Waals surface area contributed by atoms with Crippen LogP contribution in [0.4, 0.5) is 5.82 Å². The van der Waals surface area contributed by atoms with Crippen molar-refractivity contribution in [2.24, 2.45) is 10.9 Å². The summed E-state index contributed by atoms with van der Waals surface area (Å²) in [6.45, 7) is 7.82. The Labute approximate surface area is 123 Å². The van der Waals surface area contributed by atoms with Crippen molar-refractivity contribution in [3.63, 3.8) is 0 Å². The molecule has 0 saturated carbocycles. The van der Waals surface area contributed by atoms with Gasteiger partial charge in [0.25, 0.3) is 0 Å². The van der Waals surface area contributed by atoms with Gasteiger partial charge in [0, 0.05) is 24.1 Å². The van der Waals surface area contributed by atoms with Gasteiger partial charge in [0.2, 0.25) is 0 Å². The molecule has 1 atom stereocenters. The Kier molecular flexibility index (Phi) is 4.69. The average molecular weight is 295 g/mol. The van der Waals surface area contributed by atoms with Crippen molar-refractivity contribution in [1.29, 1.82) is 0 Å². The number of aryl methyl sites for hydroxylation is 1. The maximum Gasteiger partial charge on any atom is 0.174 e. The zero-order valence-corrected chi connectivity index (χ0v) is 12.9. The van der Waals surface area contributed by atoms with Gasteiger partial charge in [0.15, 0.2) is 11.7 Å². The van der Waals surface area contributed by atoms with Gasteiger partial charge in [-0.2, -0.15) is 16.9 Å². The summed E-state index contributed by atoms with van der Waals surface area (Å²) >= 11 is 1.99. The zero-order valence-electron chi connectivity index (χ0n) is 12.1. The number of rotatable bonds is 3. The summed E-state index contributed by atoms with van der Waals surface area (Å²) in [6, 6.07) is 0. The lowest BCUT2D eigenvalue weighted by Crippen LogP contribution is -2.40. The quantitative estimate of drug-likeness (QED) is 0.380. The van der Waals surface area contributed by atoms with Crippen LogP contribution in [0.5, 0.6) is 0 Å². The number of aromatic nitrogens is 2. The summed E-state index contributed by atoms with van der Waals surface area (Å²) in [7, 11) is 0. The topological polar surface area (TPSA) is 87.6 Å². The lowest BCUT2D eigenvalue weighted by atomic mass is 10.1. The van der Waals surface area contributed by atoms with Crippen molar-refractivity contribution in [3.8, 4) is 0 Å². The molecule has 0 aliphatic carbocycles. The lowest BCUT2D eigenvalue weighted by molar-refractivity contribution is 0.318. The highest BCUT2D eigenvalue weighted by Crippen LogP contribution is 2.28. The fourth-order valence-corrected chi connectivity index (χ4v) is 3.51. The van der Waals surface area contributed by atoms with Gasteiger partial charge in [-0.05, 0) is 25.8 Å². The van der Waals surface area contributed by atoms with E-state index in [0.29, 0.717) is 10.8 Å². The van der Waals surface area contributed by atoms with Crippen molar-refractivity contribution < 1.29 is 5.21 Å². The fraction of sp³-hybridized carbons (Fsp3) is 0.615. The van der Waals surface area contributed by atoms with Crippen molar-refractivity contribution in [2.75, 3.05) is 23.7 Å². The molecule has 0 bridgehead atoms. The first kappa shape index (κ1) is 14.9. The van der Waals surface area contributed by atoms with E-state index in [1.165, 1.54) is 0 Å². The summed E-state index contributed by atoms with van der Waals surface area (Å²) in [6.07, 6.45) is 1.12. The van der Waals surface area contributed by atoms with Crippen molar-refractivity contribution in [3.05, 3.63) is 16.8 Å². The van der Waals surface area contributed by atoms with Crippen LogP contribution >= 0.6 is 11.8 Å². The summed E-state index contributed by atoms with van der Waals surface area (Å²) in [5.41, 5.74) is 8.25. The average Bonchev–Trinajstić information content (AvgIpc) is 2.49. The Morgan fingerprint density at radius 2 is 2.25 bits per heavy atom. The van der Waals surface area contributed by atoms with Crippen molar-refractivity contribution in [1.82, 2.24) is 10.2 Å². The van der Waals surface area contributed by atoms with Gasteiger partial charge in [-0.3, -0.25) is 0 Å². The predicted molar refractivity (Wildman–Crippen MR) is 82.8 cm³/mol. The molecular formula is C13H21N5OS. The minimum absolute atomic E-state index is 0.0989. The molecule has 1 aliphatic heterocycles. The summed E-state index contributed by atoms with van der Waals surface area (Å²) in [5, 5.41) is 21.2. The number of oxime groups is 1. The van der Waals surface area contributed by atoms with Crippen LogP contribution in [0.25, 0.3) is 0 Å². The number of nitrogens with two attached hydrogens (primary N) is 1. The first-order valence-electron chi connectivity index (χ1n) is 6.76. The number of amidine groups is 1. The molecule has 1 aromatic heterocycles. The second-order valence-electron chi connectivity index (χ2n) is 4.94. The molecule has 1 saturated heterocycles. The second-order valence-corrected chi connectivity index (χ2v) is 6.35. The molecule has 110 valence electrons. The number of hydrogen-bond acceptors (Lipinski definition) is 6. The molecule has 1 aromatic rings. The van der Waals surface area contributed by atoms with Gasteiger partial charge in [0.05, 0.1) is 11.3 Å². The molecule has 0 aromatic carbocycles. The Morgan fingerprint density at radius 3 is 2.90 bits per heavy atom. The first-order chi connectivity index (χ1) is 9.58. The summed E-state index contributed by atoms with van der Waals surface area (Å²) in [5.74, 6) is 1.88. The lowest BCUT2D eigenvalue weighted by Gasteiger charge is -2.33. The SMILES string of the molecule is CCC1CN(c2nnc(C)c(C)c2C(N)=NO)CCS1. The molecule has 2 rings (SSSR count). The minimum Gasteiger partial charge on any atom is -0.409 e. The van der Waals surface area contributed by atoms with E-state index in [9.17, 15) is 0 Å². The van der Waals surface area contributed by atoms with Gasteiger partial charge in [-0.1, -0.05) is 12.1 Å². The highest BCUT2D eigenvalue weighted by Gasteiger charge is 2.25. The van der Waals surface area contributed by atoms with Crippen molar-refractivity contribution >= 4 is 23.4 Å². The van der Waals surface area contributed by atoms with Crippen LogP contribution in [0.3, 0.4) is 0 Å². The normalized spacial score (nSPS) is 20.2. The van der Waals surface area contributed by atoms with Gasteiger partial charge in [-0.15, -0.1) is 5.10 Å². The number of nitrogens with zero attached hydrogens (tertiary/aromatic N) is 4. The standard InChI is InChI=1S/C13H21N5OS/c1-4-10-7-18(5-6-20-10)13-11(12(14)17-19)8(2)9(3)15-16-13/h10,19H,4-7H2,1-3H3,(H2,14,17). The summed E-state index contributed by atoms with van der Waals surface area (Å²) in [4.78, 5) is 2.19. The maximum absolute atomic E-state index is 9.02. The van der Waals surface area contributed by atoms with Crippen LogP contribution in [0.15, 0.2) is 5.16 Å². The molecule has 3 N–H and O–H groups in total. The van der Waals surface area contributed by atoms with E-state index < -0.39 is 0 Å². The van der Waals surface area contributed by atoms with Crippen LogP contribution in [0, 0.1) is 13.8 Å². The second kappa shape index (κ2) is 6.30. The maximum atomic E-state index is 9.02. The Bertz CT molecular complexity index is 520. The monoisotopic (exact) mass is 295 g/mol. The number of anilines is 1. The van der Waals surface area contributed by atoms with E-state index in [1.54, 1.807) is 0 Å². The molecule has 20 heavy (non-hydrogen) atoms. The molecular weight excluding hydrogens is 274 g/mol. The van der Waals surface area contributed by atoms with E-state index in [2.05, 4.69) is 27.2 Å². The molecule has 0 radical (unpaired) electrons. The highest BCUT2D eigenvalue weighted by atomic mass is 32.2. The van der Waals surface area contributed by atoms with Gasteiger partial charge < -0.3 is 15.8 Å². The molecule has 1 aliphatic rings. The molecule has 1 fully saturated rings. The minimum atomic E-state index is 0.0989. The molecule has 2 heterocycles. The molecule has 6 nitrogen and oxygen atoms in total. The zero-order chi connectivity index (χ0) is 14.7. The largest absolute Gasteiger partial charge is 0.409 e. The Hall–Kier alpha value is -1.50. The van der Waals surface area contributed by atoms with Crippen LogP contribution < -0.4 is 10.6 Å². The van der Waals surface area contributed by atoms with E-state index in [4.69, 9.17) is 10.9 Å². The molecule has 1 unspecified atom stereocenters. The smallest absolute Gasteiger partial charge is 0.174 e. The molecule has 0 spiro atoms. The third-order valence-corrected chi connectivity index (χ3v) is 5.07. The Balaban J connectivity index is 2.43. The van der Waals surface area contributed by atoms with E-state index in [1.807, 2.05) is 25.6 Å². The number of thioether (sulfide) groups is 1. The summed E-state index contributed by atoms with van der Waals surface area (Å²) < 4.78 is 0. The number of hydrogen-bond donors (Lipinski definition) is 2. The van der Waals surface area contributed by atoms with E-state index in [-0.39, 0.29) is 5.84 Å². The van der Waals surface area contributed by atoms with Crippen LogP contribution in [0.2, 0.25) is 0 Å². The van der Waals surface area contributed by atoms with Crippen molar-refractivity contribution in [2.45, 2.75) is 32.4 Å². The third-order valence-electron chi connectivity index (χ3n) is 3.69. The van der Waals surface area contributed by atoms with Gasteiger partial charge in [-0.25, -0.2) is 0 Å². The molecule has 0 amide bonds. The molecule has 7 heteroatoms. The highest BCUT2D eigenvalue weighted by molar-refractivity contribution is 8.00. The Morgan fingerprint density at radius 1 is 1.50 bits per heavy atom. The van der Waals surface area contributed by atoms with Crippen LogP contribution in [0.1, 0.15) is 30.2 Å². The first-order valence-corrected chi connectivity index (χ1v) is 7.81. The van der Waals surface area contributed by atoms with Gasteiger partial charge >= 0.3 is 0 Å². The van der Waals surface area contributed by atoms with E-state index in [0.717, 1.165) is 42.3 Å². The van der Waals surface area contributed by atoms with E-state index >= 15 is 0 Å². The van der Waals surface area contributed by atoms with Gasteiger partial charge in [0.1, 0.15) is 0 Å². The van der Waals surface area contributed by atoms with Crippen LogP contribution in [-0.4, -0.2) is 45.3 Å². The third kappa shape index (κ3) is 2.82. The fourth-order valence-electron chi connectivity index (χ4n) is 2.33. The van der Waals surface area contributed by atoms with Crippen LogP contribution in [-0.2, 0) is 0 Å². The predicted octanol–water partition coefficient (Wildman–Crippen LogP) is 1.52.